The van der Waals surface area contributed by atoms with Crippen LogP contribution in [0.4, 0.5) is 0 Å². The fraction of sp³-hybridized carbons (Fsp3) is 0.462. The second kappa shape index (κ2) is 9.41. The van der Waals surface area contributed by atoms with Crippen molar-refractivity contribution in [2.24, 2.45) is 0 Å². The highest BCUT2D eigenvalue weighted by molar-refractivity contribution is 5.94. The zero-order chi connectivity index (χ0) is 22.7. The summed E-state index contributed by atoms with van der Waals surface area (Å²) >= 11 is 0. The Bertz CT molecular complexity index is 989. The SMILES string of the molecule is CC(C)(O)C#Cc1ccc([C@@H]2[C@@H](CO)N3CCCCN(C(=O)c4ccncc4)C[C@@H]23)cc1. The number of rotatable bonds is 3. The summed E-state index contributed by atoms with van der Waals surface area (Å²) in [7, 11) is 0. The number of pyridine rings is 1. The van der Waals surface area contributed by atoms with Crippen LogP contribution in [0.1, 0.15) is 54.1 Å². The van der Waals surface area contributed by atoms with Gasteiger partial charge in [-0.2, -0.15) is 0 Å². The van der Waals surface area contributed by atoms with Gasteiger partial charge in [0, 0.05) is 54.6 Å². The van der Waals surface area contributed by atoms with Crippen molar-refractivity contribution in [3.8, 4) is 11.8 Å². The molecule has 3 heterocycles. The van der Waals surface area contributed by atoms with Crippen LogP contribution in [0.2, 0.25) is 0 Å². The highest BCUT2D eigenvalue weighted by Gasteiger charge is 2.49. The van der Waals surface area contributed by atoms with E-state index >= 15 is 0 Å². The predicted octanol–water partition coefficient (Wildman–Crippen LogP) is 2.27. The summed E-state index contributed by atoms with van der Waals surface area (Å²) in [6, 6.07) is 11.8. The Hall–Kier alpha value is -2.72. The largest absolute Gasteiger partial charge is 0.395 e. The summed E-state index contributed by atoms with van der Waals surface area (Å²) in [5.74, 6) is 6.04. The van der Waals surface area contributed by atoms with E-state index in [0.717, 1.165) is 37.1 Å². The Morgan fingerprint density at radius 3 is 2.47 bits per heavy atom. The number of aromatic nitrogens is 1. The van der Waals surface area contributed by atoms with Crippen molar-refractivity contribution in [2.45, 2.75) is 50.3 Å². The number of hydrogen-bond donors (Lipinski definition) is 2. The third kappa shape index (κ3) is 4.86. The molecule has 0 saturated carbocycles. The molecule has 168 valence electrons. The predicted molar refractivity (Wildman–Crippen MR) is 123 cm³/mol. The number of carbonyl (C=O) groups excluding carboxylic acids is 1. The molecule has 0 spiro atoms. The summed E-state index contributed by atoms with van der Waals surface area (Å²) in [5, 5.41) is 19.9. The van der Waals surface area contributed by atoms with Gasteiger partial charge in [0.05, 0.1) is 6.61 Å². The summed E-state index contributed by atoms with van der Waals surface area (Å²) in [5.41, 5.74) is 1.63. The number of amides is 1. The Balaban J connectivity index is 1.55. The smallest absolute Gasteiger partial charge is 0.254 e. The van der Waals surface area contributed by atoms with E-state index in [1.807, 2.05) is 17.0 Å². The van der Waals surface area contributed by atoms with Gasteiger partial charge in [-0.1, -0.05) is 24.0 Å². The number of aliphatic hydroxyl groups excluding tert-OH is 1. The van der Waals surface area contributed by atoms with Gasteiger partial charge in [-0.15, -0.1) is 0 Å². The third-order valence-electron chi connectivity index (χ3n) is 6.39. The average Bonchev–Trinajstić information content (AvgIpc) is 2.77. The maximum atomic E-state index is 13.1. The lowest BCUT2D eigenvalue weighted by Gasteiger charge is -2.57. The van der Waals surface area contributed by atoms with Crippen LogP contribution in [-0.4, -0.2) is 74.8 Å². The highest BCUT2D eigenvalue weighted by atomic mass is 16.3. The summed E-state index contributed by atoms with van der Waals surface area (Å²) in [6.07, 6.45) is 5.27. The first-order chi connectivity index (χ1) is 15.4. The molecule has 3 atom stereocenters. The lowest BCUT2D eigenvalue weighted by atomic mass is 9.74. The van der Waals surface area contributed by atoms with Crippen LogP contribution in [0.25, 0.3) is 0 Å². The van der Waals surface area contributed by atoms with Gasteiger partial charge in [0.2, 0.25) is 0 Å². The lowest BCUT2D eigenvalue weighted by molar-refractivity contribution is -0.0606. The van der Waals surface area contributed by atoms with Gasteiger partial charge in [0.1, 0.15) is 5.60 Å². The molecule has 1 amide bonds. The fourth-order valence-corrected chi connectivity index (χ4v) is 4.82. The molecule has 2 aliphatic rings. The van der Waals surface area contributed by atoms with E-state index in [1.54, 1.807) is 38.4 Å². The molecule has 0 unspecified atom stereocenters. The van der Waals surface area contributed by atoms with Gasteiger partial charge in [-0.25, -0.2) is 0 Å². The molecule has 6 heteroatoms. The van der Waals surface area contributed by atoms with E-state index in [0.29, 0.717) is 12.1 Å². The molecule has 2 aromatic rings. The molecule has 2 fully saturated rings. The Morgan fingerprint density at radius 1 is 1.12 bits per heavy atom. The van der Waals surface area contributed by atoms with E-state index in [-0.39, 0.29) is 30.5 Å². The van der Waals surface area contributed by atoms with E-state index < -0.39 is 5.60 Å². The molecule has 0 radical (unpaired) electrons. The van der Waals surface area contributed by atoms with Crippen LogP contribution in [-0.2, 0) is 0 Å². The zero-order valence-electron chi connectivity index (χ0n) is 18.7. The maximum absolute atomic E-state index is 13.1. The summed E-state index contributed by atoms with van der Waals surface area (Å²) in [6.45, 7) is 5.75. The van der Waals surface area contributed by atoms with E-state index in [2.05, 4.69) is 33.9 Å². The minimum absolute atomic E-state index is 0.0395. The van der Waals surface area contributed by atoms with E-state index in [1.165, 1.54) is 0 Å². The lowest BCUT2D eigenvalue weighted by Crippen LogP contribution is -2.67. The van der Waals surface area contributed by atoms with Crippen LogP contribution in [0, 0.1) is 11.8 Å². The average molecular weight is 434 g/mol. The van der Waals surface area contributed by atoms with Crippen LogP contribution in [0.15, 0.2) is 48.8 Å². The second-order valence-corrected chi connectivity index (χ2v) is 9.21. The number of hydrogen-bond acceptors (Lipinski definition) is 5. The van der Waals surface area contributed by atoms with Gasteiger partial charge in [-0.3, -0.25) is 14.7 Å². The number of carbonyl (C=O) groups is 1. The number of aliphatic hydroxyl groups is 2. The molecular weight excluding hydrogens is 402 g/mol. The first-order valence-electron chi connectivity index (χ1n) is 11.3. The molecule has 2 saturated heterocycles. The highest BCUT2D eigenvalue weighted by Crippen LogP contribution is 2.42. The first kappa shape index (κ1) is 22.5. The molecule has 1 aromatic carbocycles. The molecule has 1 aromatic heterocycles. The van der Waals surface area contributed by atoms with Crippen molar-refractivity contribution < 1.29 is 15.0 Å². The standard InChI is InChI=1S/C26H31N3O3/c1-26(2,32)12-9-19-5-7-20(8-6-19)24-22-17-28(25(31)21-10-13-27-14-11-21)15-3-4-16-29(22)23(24)18-30/h5-8,10-11,13-14,22-24,30,32H,3-4,15-18H2,1-2H3/t22-,23+,24-/m0/s1. The van der Waals surface area contributed by atoms with Crippen LogP contribution in [0.5, 0.6) is 0 Å². The number of benzene rings is 1. The first-order valence-corrected chi connectivity index (χ1v) is 11.3. The minimum Gasteiger partial charge on any atom is -0.395 e. The monoisotopic (exact) mass is 433 g/mol. The van der Waals surface area contributed by atoms with Gasteiger partial charge in [0.25, 0.3) is 5.91 Å². The van der Waals surface area contributed by atoms with Crippen molar-refractivity contribution >= 4 is 5.91 Å². The third-order valence-corrected chi connectivity index (χ3v) is 6.39. The second-order valence-electron chi connectivity index (χ2n) is 9.21. The Morgan fingerprint density at radius 2 is 1.81 bits per heavy atom. The number of nitrogens with zero attached hydrogens (tertiary/aromatic N) is 3. The molecule has 32 heavy (non-hydrogen) atoms. The van der Waals surface area contributed by atoms with E-state index in [4.69, 9.17) is 0 Å². The molecule has 4 rings (SSSR count). The van der Waals surface area contributed by atoms with Gasteiger partial charge in [-0.05, 0) is 63.1 Å². The zero-order valence-corrected chi connectivity index (χ0v) is 18.7. The summed E-state index contributed by atoms with van der Waals surface area (Å²) in [4.78, 5) is 21.5. The Kier molecular flexibility index (Phi) is 6.61. The van der Waals surface area contributed by atoms with Gasteiger partial charge >= 0.3 is 0 Å². The molecular formula is C26H31N3O3. The molecule has 2 N–H and O–H groups in total. The number of fused-ring (bicyclic) bond motifs is 1. The normalized spacial score (nSPS) is 23.8. The molecule has 0 aliphatic carbocycles. The quantitative estimate of drug-likeness (QED) is 0.727. The molecule has 2 aliphatic heterocycles. The van der Waals surface area contributed by atoms with Crippen molar-refractivity contribution in [3.05, 3.63) is 65.5 Å². The molecule has 0 bridgehead atoms. The van der Waals surface area contributed by atoms with Crippen LogP contribution < -0.4 is 0 Å². The van der Waals surface area contributed by atoms with E-state index in [9.17, 15) is 15.0 Å². The summed E-state index contributed by atoms with van der Waals surface area (Å²) < 4.78 is 0. The molecule has 6 nitrogen and oxygen atoms in total. The van der Waals surface area contributed by atoms with Crippen molar-refractivity contribution in [1.82, 2.24) is 14.8 Å². The van der Waals surface area contributed by atoms with Gasteiger partial charge < -0.3 is 15.1 Å². The van der Waals surface area contributed by atoms with Crippen LogP contribution >= 0.6 is 0 Å². The van der Waals surface area contributed by atoms with Crippen molar-refractivity contribution in [2.75, 3.05) is 26.2 Å². The Labute approximate surface area is 189 Å². The topological polar surface area (TPSA) is 76.9 Å². The van der Waals surface area contributed by atoms with Crippen molar-refractivity contribution in [1.29, 1.82) is 0 Å². The fourth-order valence-electron chi connectivity index (χ4n) is 4.82. The van der Waals surface area contributed by atoms with Crippen molar-refractivity contribution in [3.63, 3.8) is 0 Å². The maximum Gasteiger partial charge on any atom is 0.254 e. The van der Waals surface area contributed by atoms with Gasteiger partial charge in [0.15, 0.2) is 0 Å². The van der Waals surface area contributed by atoms with Crippen LogP contribution in [0.3, 0.4) is 0 Å². The minimum atomic E-state index is -1.03.